The molecule has 1 fully saturated rings. The van der Waals surface area contributed by atoms with Crippen LogP contribution in [0.4, 0.5) is 13.2 Å². The smallest absolute Gasteiger partial charge is 0.548 e. The molecule has 3 rings (SSSR count). The van der Waals surface area contributed by atoms with Crippen molar-refractivity contribution < 1.29 is 88.8 Å². The molecule has 0 spiro atoms. The van der Waals surface area contributed by atoms with Crippen molar-refractivity contribution >= 4 is 35.1 Å². The quantitative estimate of drug-likeness (QED) is 0.501. The van der Waals surface area contributed by atoms with Gasteiger partial charge >= 0.3 is 57.6 Å². The SMILES string of the molecule is O=C(CCc1ncc(-c2ccc(Cl)cc2Cl)o1)NC1(C(=O)[O-])CC(O)(C(F)(F)F)C1.[K+]. The summed E-state index contributed by atoms with van der Waals surface area (Å²) < 4.78 is 43.8. The second-order valence-corrected chi connectivity index (χ2v) is 7.89. The van der Waals surface area contributed by atoms with Gasteiger partial charge in [-0.25, -0.2) is 4.98 Å². The zero-order valence-corrected chi connectivity index (χ0v) is 20.7. The summed E-state index contributed by atoms with van der Waals surface area (Å²) in [5.74, 6) is -2.31. The maximum Gasteiger partial charge on any atom is 1.00 e. The number of carbonyl (C=O) groups excluding carboxylic acids is 2. The van der Waals surface area contributed by atoms with Crippen LogP contribution in [0.1, 0.15) is 25.2 Å². The Morgan fingerprint density at radius 2 is 1.94 bits per heavy atom. The third-order valence-corrected chi connectivity index (χ3v) is 5.35. The molecule has 2 aromatic rings. The zero-order valence-electron chi connectivity index (χ0n) is 16.1. The molecule has 1 aromatic heterocycles. The predicted octanol–water partition coefficient (Wildman–Crippen LogP) is -0.723. The van der Waals surface area contributed by atoms with Crippen LogP contribution < -0.4 is 61.8 Å². The van der Waals surface area contributed by atoms with Crippen LogP contribution in [0.15, 0.2) is 28.8 Å². The molecule has 0 radical (unpaired) electrons. The molecule has 13 heteroatoms. The fourth-order valence-electron chi connectivity index (χ4n) is 3.22. The minimum absolute atomic E-state index is 0. The number of nitrogens with zero attached hydrogens (tertiary/aromatic N) is 1. The van der Waals surface area contributed by atoms with E-state index in [1.54, 1.807) is 12.1 Å². The van der Waals surface area contributed by atoms with Gasteiger partial charge in [0.05, 0.1) is 22.7 Å². The Morgan fingerprint density at radius 3 is 2.48 bits per heavy atom. The van der Waals surface area contributed by atoms with Gasteiger partial charge in [-0.3, -0.25) is 4.79 Å². The molecule has 0 unspecified atom stereocenters. The molecule has 1 aliphatic rings. The van der Waals surface area contributed by atoms with Crippen molar-refractivity contribution in [2.45, 2.75) is 43.0 Å². The van der Waals surface area contributed by atoms with Gasteiger partial charge in [0.25, 0.3) is 0 Å². The summed E-state index contributed by atoms with van der Waals surface area (Å²) in [5, 5.41) is 23.5. The van der Waals surface area contributed by atoms with Gasteiger partial charge in [-0.2, -0.15) is 13.2 Å². The monoisotopic (exact) mass is 504 g/mol. The normalized spacial score (nSPS) is 22.9. The van der Waals surface area contributed by atoms with Gasteiger partial charge in [0.1, 0.15) is 0 Å². The standard InChI is InChI=1S/C18H15Cl2F3N2O5.K/c19-9-1-2-10(11(20)5-9)12-6-24-14(30-12)4-3-13(26)25-16(15(27)28)7-17(29,8-16)18(21,22)23;/h1-2,5-6,29H,3-4,7-8H2,(H,25,26)(H,27,28);/q;+1/p-1. The Bertz CT molecular complexity index is 993. The third-order valence-electron chi connectivity index (χ3n) is 4.80. The van der Waals surface area contributed by atoms with Crippen LogP contribution in [0, 0.1) is 0 Å². The molecule has 162 valence electrons. The fourth-order valence-corrected chi connectivity index (χ4v) is 3.72. The van der Waals surface area contributed by atoms with E-state index in [2.05, 4.69) is 4.98 Å². The topological polar surface area (TPSA) is 115 Å². The minimum Gasteiger partial charge on any atom is -0.548 e. The van der Waals surface area contributed by atoms with E-state index in [4.69, 9.17) is 27.6 Å². The number of carbonyl (C=O) groups is 2. The molecule has 1 aliphatic carbocycles. The number of halogens is 5. The number of oxazole rings is 1. The molecular weight excluding hydrogens is 491 g/mol. The van der Waals surface area contributed by atoms with Gasteiger partial charge in [0.15, 0.2) is 17.3 Å². The van der Waals surface area contributed by atoms with E-state index in [0.29, 0.717) is 21.4 Å². The van der Waals surface area contributed by atoms with Crippen molar-refractivity contribution in [1.82, 2.24) is 10.3 Å². The van der Waals surface area contributed by atoms with Crippen LogP contribution in [-0.4, -0.2) is 39.3 Å². The molecule has 0 atom stereocenters. The number of aromatic nitrogens is 1. The first kappa shape index (κ1) is 26.6. The van der Waals surface area contributed by atoms with Crippen molar-refractivity contribution in [3.8, 4) is 11.3 Å². The summed E-state index contributed by atoms with van der Waals surface area (Å²) >= 11 is 11.9. The molecule has 1 amide bonds. The number of rotatable bonds is 6. The van der Waals surface area contributed by atoms with Crippen molar-refractivity contribution in [3.63, 3.8) is 0 Å². The molecule has 1 heterocycles. The van der Waals surface area contributed by atoms with Crippen molar-refractivity contribution in [2.24, 2.45) is 0 Å². The van der Waals surface area contributed by atoms with E-state index in [9.17, 15) is 33.0 Å². The van der Waals surface area contributed by atoms with E-state index < -0.39 is 42.0 Å². The first-order valence-electron chi connectivity index (χ1n) is 8.57. The van der Waals surface area contributed by atoms with Crippen LogP contribution in [0.2, 0.25) is 10.0 Å². The number of benzene rings is 1. The number of alkyl halides is 3. The molecule has 0 bridgehead atoms. The van der Waals surface area contributed by atoms with Crippen LogP contribution in [0.3, 0.4) is 0 Å². The summed E-state index contributed by atoms with van der Waals surface area (Å²) in [6.45, 7) is 0. The summed E-state index contributed by atoms with van der Waals surface area (Å²) in [4.78, 5) is 27.4. The third kappa shape index (κ3) is 5.64. The molecule has 1 aromatic carbocycles. The Morgan fingerprint density at radius 1 is 1.29 bits per heavy atom. The van der Waals surface area contributed by atoms with Gasteiger partial charge in [-0.15, -0.1) is 0 Å². The van der Waals surface area contributed by atoms with Crippen LogP contribution in [0.5, 0.6) is 0 Å². The van der Waals surface area contributed by atoms with Gasteiger partial charge < -0.3 is 24.7 Å². The van der Waals surface area contributed by atoms with Crippen molar-refractivity contribution in [1.29, 1.82) is 0 Å². The number of aliphatic carboxylic acids is 1. The maximum absolute atomic E-state index is 12.8. The number of amides is 1. The van der Waals surface area contributed by atoms with E-state index >= 15 is 0 Å². The Kier molecular flexibility index (Phi) is 8.30. The van der Waals surface area contributed by atoms with E-state index in [1.165, 1.54) is 12.3 Å². The Hall–Kier alpha value is -0.664. The van der Waals surface area contributed by atoms with Gasteiger partial charge in [0.2, 0.25) is 5.91 Å². The van der Waals surface area contributed by atoms with E-state index in [-0.39, 0.29) is 70.1 Å². The Labute approximate surface area is 226 Å². The average Bonchev–Trinajstić information content (AvgIpc) is 3.05. The summed E-state index contributed by atoms with van der Waals surface area (Å²) in [6, 6.07) is 4.72. The first-order chi connectivity index (χ1) is 13.9. The van der Waals surface area contributed by atoms with Gasteiger partial charge in [0, 0.05) is 36.3 Å². The minimum atomic E-state index is -5.02. The second kappa shape index (κ2) is 9.68. The number of carboxylic acids is 1. The predicted molar refractivity (Wildman–Crippen MR) is 96.4 cm³/mol. The first-order valence-corrected chi connectivity index (χ1v) is 9.32. The zero-order chi connectivity index (χ0) is 22.3. The van der Waals surface area contributed by atoms with Crippen LogP contribution in [0.25, 0.3) is 11.3 Å². The number of carboxylic acid groups (broad SMARTS) is 1. The van der Waals surface area contributed by atoms with Gasteiger partial charge in [-0.1, -0.05) is 23.2 Å². The molecule has 2 N–H and O–H groups in total. The largest absolute Gasteiger partial charge is 1.00 e. The number of aliphatic hydroxyl groups is 1. The second-order valence-electron chi connectivity index (χ2n) is 7.04. The summed E-state index contributed by atoms with van der Waals surface area (Å²) in [5.41, 5.74) is -4.96. The van der Waals surface area contributed by atoms with Crippen LogP contribution >= 0.6 is 23.2 Å². The summed E-state index contributed by atoms with van der Waals surface area (Å²) in [6.07, 6.45) is -6.46. The number of nitrogens with one attached hydrogen (secondary N) is 1. The molecule has 0 saturated heterocycles. The summed E-state index contributed by atoms with van der Waals surface area (Å²) in [7, 11) is 0. The molecule has 0 aliphatic heterocycles. The Balaban J connectivity index is 0.00000341. The maximum atomic E-state index is 12.8. The van der Waals surface area contributed by atoms with Crippen LogP contribution in [-0.2, 0) is 16.0 Å². The number of hydrogen-bond donors (Lipinski definition) is 2. The molecular formula is C18H14Cl2F3KN2O5. The fraction of sp³-hybridized carbons (Fsp3) is 0.389. The van der Waals surface area contributed by atoms with Crippen molar-refractivity contribution in [3.05, 3.63) is 40.3 Å². The van der Waals surface area contributed by atoms with E-state index in [0.717, 1.165) is 0 Å². The average molecular weight is 505 g/mol. The molecule has 7 nitrogen and oxygen atoms in total. The number of hydrogen-bond acceptors (Lipinski definition) is 6. The van der Waals surface area contributed by atoms with Gasteiger partial charge in [-0.05, 0) is 18.2 Å². The molecule has 31 heavy (non-hydrogen) atoms. The van der Waals surface area contributed by atoms with E-state index in [1.807, 2.05) is 5.32 Å². The van der Waals surface area contributed by atoms with Crippen molar-refractivity contribution in [2.75, 3.05) is 0 Å². The molecule has 1 saturated carbocycles. The number of aryl methyl sites for hydroxylation is 1.